The van der Waals surface area contributed by atoms with Gasteiger partial charge in [0.25, 0.3) is 5.91 Å². The van der Waals surface area contributed by atoms with Gasteiger partial charge < -0.3 is 4.90 Å². The van der Waals surface area contributed by atoms with Gasteiger partial charge in [-0.1, -0.05) is 4.49 Å². The van der Waals surface area contributed by atoms with Crippen LogP contribution in [0.4, 0.5) is 0 Å². The van der Waals surface area contributed by atoms with Crippen LogP contribution < -0.4 is 0 Å². The number of hydrogen-bond donors (Lipinski definition) is 0. The first-order valence-corrected chi connectivity index (χ1v) is 9.10. The number of aromatic nitrogens is 3. The van der Waals surface area contributed by atoms with Gasteiger partial charge in [0.15, 0.2) is 5.69 Å². The molecule has 2 aliphatic rings. The standard InChI is InChI=1S/C14H17N5OS2/c1-9-15-12(7-21-9)6-18-2-10-4-19(5-11(10)3-18)14(20)13-8-22-17-16-13/h7-8,10-11H,2-6H2,1H3. The van der Waals surface area contributed by atoms with Crippen LogP contribution in [-0.4, -0.2) is 56.5 Å². The molecule has 2 aromatic heterocycles. The van der Waals surface area contributed by atoms with E-state index in [1.807, 2.05) is 11.8 Å². The van der Waals surface area contributed by atoms with Crippen LogP contribution in [0.25, 0.3) is 0 Å². The van der Waals surface area contributed by atoms with E-state index in [1.54, 1.807) is 16.7 Å². The second kappa shape index (κ2) is 5.68. The summed E-state index contributed by atoms with van der Waals surface area (Å²) < 4.78 is 3.78. The van der Waals surface area contributed by atoms with Gasteiger partial charge in [0.1, 0.15) is 0 Å². The molecule has 0 saturated carbocycles. The lowest BCUT2D eigenvalue weighted by molar-refractivity contribution is 0.0767. The summed E-state index contributed by atoms with van der Waals surface area (Å²) in [6.07, 6.45) is 0. The molecule has 0 bridgehead atoms. The smallest absolute Gasteiger partial charge is 0.275 e. The highest BCUT2D eigenvalue weighted by Crippen LogP contribution is 2.32. The van der Waals surface area contributed by atoms with Crippen molar-refractivity contribution in [2.24, 2.45) is 11.8 Å². The van der Waals surface area contributed by atoms with Crippen LogP contribution in [0.2, 0.25) is 0 Å². The zero-order valence-corrected chi connectivity index (χ0v) is 13.9. The van der Waals surface area contributed by atoms with E-state index in [0.717, 1.165) is 37.7 Å². The summed E-state index contributed by atoms with van der Waals surface area (Å²) in [5.41, 5.74) is 1.66. The number of amides is 1. The molecule has 4 rings (SSSR count). The van der Waals surface area contributed by atoms with Crippen LogP contribution in [0.3, 0.4) is 0 Å². The SMILES string of the molecule is Cc1nc(CN2CC3CN(C(=O)c4csnn4)CC3C2)cs1. The average molecular weight is 335 g/mol. The van der Waals surface area contributed by atoms with Crippen LogP contribution in [0.15, 0.2) is 10.8 Å². The normalized spacial score (nSPS) is 24.9. The van der Waals surface area contributed by atoms with Crippen LogP contribution in [-0.2, 0) is 6.54 Å². The minimum absolute atomic E-state index is 0.0322. The van der Waals surface area contributed by atoms with E-state index in [-0.39, 0.29) is 5.91 Å². The number of hydrogen-bond acceptors (Lipinski definition) is 7. The molecule has 8 heteroatoms. The molecule has 22 heavy (non-hydrogen) atoms. The molecule has 0 radical (unpaired) electrons. The van der Waals surface area contributed by atoms with Gasteiger partial charge >= 0.3 is 0 Å². The fraction of sp³-hybridized carbons (Fsp3) is 0.571. The summed E-state index contributed by atoms with van der Waals surface area (Å²) in [5, 5.41) is 8.89. The molecule has 116 valence electrons. The third-order valence-corrected chi connectivity index (χ3v) is 5.81. The van der Waals surface area contributed by atoms with E-state index >= 15 is 0 Å². The van der Waals surface area contributed by atoms with Crippen molar-refractivity contribution < 1.29 is 4.79 Å². The molecule has 0 aliphatic carbocycles. The number of nitrogens with zero attached hydrogens (tertiary/aromatic N) is 5. The van der Waals surface area contributed by atoms with E-state index in [0.29, 0.717) is 17.5 Å². The van der Waals surface area contributed by atoms with Crippen molar-refractivity contribution >= 4 is 28.8 Å². The third-order valence-electron chi connectivity index (χ3n) is 4.48. The Hall–Kier alpha value is -1.38. The monoisotopic (exact) mass is 335 g/mol. The quantitative estimate of drug-likeness (QED) is 0.851. The molecule has 0 spiro atoms. The number of thiazole rings is 1. The Bertz CT molecular complexity index is 657. The zero-order valence-electron chi connectivity index (χ0n) is 12.3. The van der Waals surface area contributed by atoms with Gasteiger partial charge in [-0.3, -0.25) is 9.69 Å². The predicted molar refractivity (Wildman–Crippen MR) is 84.9 cm³/mol. The first-order valence-electron chi connectivity index (χ1n) is 7.39. The summed E-state index contributed by atoms with van der Waals surface area (Å²) in [6, 6.07) is 0. The van der Waals surface area contributed by atoms with E-state index in [2.05, 4.69) is 24.9 Å². The lowest BCUT2D eigenvalue weighted by Gasteiger charge is -2.20. The Morgan fingerprint density at radius 1 is 1.27 bits per heavy atom. The number of aryl methyl sites for hydroxylation is 1. The average Bonchev–Trinajstić information content (AvgIpc) is 3.21. The van der Waals surface area contributed by atoms with E-state index in [1.165, 1.54) is 17.2 Å². The highest BCUT2D eigenvalue weighted by molar-refractivity contribution is 7.09. The van der Waals surface area contributed by atoms with Crippen molar-refractivity contribution in [1.82, 2.24) is 24.4 Å². The molecule has 4 heterocycles. The second-order valence-electron chi connectivity index (χ2n) is 6.07. The van der Waals surface area contributed by atoms with Crippen molar-refractivity contribution in [2.45, 2.75) is 13.5 Å². The van der Waals surface area contributed by atoms with Crippen molar-refractivity contribution in [3.05, 3.63) is 27.2 Å². The molecule has 0 aromatic carbocycles. The molecule has 2 fully saturated rings. The Morgan fingerprint density at radius 2 is 2.05 bits per heavy atom. The summed E-state index contributed by atoms with van der Waals surface area (Å²) in [6.45, 7) is 6.77. The van der Waals surface area contributed by atoms with Gasteiger partial charge in [-0.25, -0.2) is 4.98 Å². The maximum atomic E-state index is 12.3. The van der Waals surface area contributed by atoms with Gasteiger partial charge in [-0.2, -0.15) is 0 Å². The summed E-state index contributed by atoms with van der Waals surface area (Å²) in [5.74, 6) is 1.19. The molecule has 2 saturated heterocycles. The maximum Gasteiger partial charge on any atom is 0.275 e. The molecular formula is C14H17N5OS2. The molecule has 6 nitrogen and oxygen atoms in total. The molecule has 2 aliphatic heterocycles. The summed E-state index contributed by atoms with van der Waals surface area (Å²) in [4.78, 5) is 21.3. The highest BCUT2D eigenvalue weighted by Gasteiger charge is 2.42. The largest absolute Gasteiger partial charge is 0.337 e. The van der Waals surface area contributed by atoms with Crippen LogP contribution in [0.1, 0.15) is 21.2 Å². The summed E-state index contributed by atoms with van der Waals surface area (Å²) >= 11 is 2.94. The van der Waals surface area contributed by atoms with Gasteiger partial charge in [-0.15, -0.1) is 16.4 Å². The van der Waals surface area contributed by atoms with Crippen molar-refractivity contribution in [2.75, 3.05) is 26.2 Å². The molecule has 2 atom stereocenters. The van der Waals surface area contributed by atoms with Crippen molar-refractivity contribution in [3.63, 3.8) is 0 Å². The molecule has 2 unspecified atom stereocenters. The number of likely N-dealkylation sites (tertiary alicyclic amines) is 2. The van der Waals surface area contributed by atoms with Crippen LogP contribution >= 0.6 is 22.9 Å². The van der Waals surface area contributed by atoms with Gasteiger partial charge in [0, 0.05) is 43.5 Å². The van der Waals surface area contributed by atoms with Gasteiger partial charge in [0.05, 0.1) is 10.7 Å². The third kappa shape index (κ3) is 2.66. The molecule has 1 amide bonds. The Balaban J connectivity index is 1.35. The topological polar surface area (TPSA) is 62.2 Å². The number of carbonyl (C=O) groups excluding carboxylic acids is 1. The first-order chi connectivity index (χ1) is 10.7. The number of carbonyl (C=O) groups is 1. The zero-order chi connectivity index (χ0) is 15.1. The Kier molecular flexibility index (Phi) is 3.67. The predicted octanol–water partition coefficient (Wildman–Crippen LogP) is 1.51. The minimum atomic E-state index is 0.0322. The van der Waals surface area contributed by atoms with Crippen molar-refractivity contribution in [3.8, 4) is 0 Å². The minimum Gasteiger partial charge on any atom is -0.337 e. The van der Waals surface area contributed by atoms with Crippen LogP contribution in [0, 0.1) is 18.8 Å². The Labute approximate surface area is 136 Å². The number of fused-ring (bicyclic) bond motifs is 1. The van der Waals surface area contributed by atoms with E-state index < -0.39 is 0 Å². The molecular weight excluding hydrogens is 318 g/mol. The summed E-state index contributed by atoms with van der Waals surface area (Å²) in [7, 11) is 0. The lowest BCUT2D eigenvalue weighted by Crippen LogP contribution is -2.33. The molecule has 2 aromatic rings. The number of rotatable bonds is 3. The fourth-order valence-corrected chi connectivity index (χ4v) is 4.55. The van der Waals surface area contributed by atoms with Crippen LogP contribution in [0.5, 0.6) is 0 Å². The Morgan fingerprint density at radius 3 is 2.64 bits per heavy atom. The van der Waals surface area contributed by atoms with Gasteiger partial charge in [-0.05, 0) is 30.3 Å². The van der Waals surface area contributed by atoms with E-state index in [4.69, 9.17) is 0 Å². The highest BCUT2D eigenvalue weighted by atomic mass is 32.1. The maximum absolute atomic E-state index is 12.3. The lowest BCUT2D eigenvalue weighted by atomic mass is 10.0. The first kappa shape index (κ1) is 14.2. The van der Waals surface area contributed by atoms with E-state index in [9.17, 15) is 4.79 Å². The molecule has 0 N–H and O–H groups in total. The van der Waals surface area contributed by atoms with Crippen molar-refractivity contribution in [1.29, 1.82) is 0 Å². The fourth-order valence-electron chi connectivity index (χ4n) is 3.51. The second-order valence-corrected chi connectivity index (χ2v) is 7.74. The van der Waals surface area contributed by atoms with Gasteiger partial charge in [0.2, 0.25) is 0 Å².